The molecule has 2 bridgehead atoms. The molecule has 0 N–H and O–H groups in total. The summed E-state index contributed by atoms with van der Waals surface area (Å²) in [6.45, 7) is 18.8. The van der Waals surface area contributed by atoms with E-state index in [4.69, 9.17) is 15.0 Å². The lowest BCUT2D eigenvalue weighted by molar-refractivity contribution is 0.584. The van der Waals surface area contributed by atoms with Gasteiger partial charge in [0.1, 0.15) is 0 Å². The van der Waals surface area contributed by atoms with E-state index in [-0.39, 0.29) is 16.2 Å². The second-order valence-corrected chi connectivity index (χ2v) is 22.2. The lowest BCUT2D eigenvalue weighted by atomic mass is 9.74. The van der Waals surface area contributed by atoms with Crippen LogP contribution in [-0.2, 0) is 16.2 Å². The minimum Gasteiger partial charge on any atom is -0.308 e. The van der Waals surface area contributed by atoms with Crippen LogP contribution in [0.15, 0.2) is 206 Å². The van der Waals surface area contributed by atoms with E-state index < -0.39 is 0 Å². The van der Waals surface area contributed by atoms with Crippen LogP contribution in [-0.4, -0.2) is 19.5 Å². The molecule has 4 nitrogen and oxygen atoms in total. The number of fused-ring (bicyclic) bond motifs is 8. The maximum Gasteiger partial charge on any atom is 0.164 e. The van der Waals surface area contributed by atoms with Crippen molar-refractivity contribution >= 4 is 21.8 Å². The number of rotatable bonds is 6. The Morgan fingerprint density at radius 3 is 1.33 bits per heavy atom. The van der Waals surface area contributed by atoms with Crippen LogP contribution in [0.25, 0.3) is 106 Å². The highest BCUT2D eigenvalue weighted by molar-refractivity contribution is 6.13. The van der Waals surface area contributed by atoms with Crippen LogP contribution in [0.3, 0.4) is 0 Å². The van der Waals surface area contributed by atoms with E-state index in [9.17, 15) is 0 Å². The molecule has 0 saturated carbocycles. The van der Waals surface area contributed by atoms with Crippen molar-refractivity contribution in [3.8, 4) is 84.4 Å². The van der Waals surface area contributed by atoms with Gasteiger partial charge in [0.15, 0.2) is 17.5 Å². The fourth-order valence-electron chi connectivity index (χ4n) is 10.7. The molecule has 3 heterocycles. The first-order valence-electron chi connectivity index (χ1n) is 25.3. The van der Waals surface area contributed by atoms with Gasteiger partial charge in [0, 0.05) is 44.0 Å². The van der Waals surface area contributed by atoms with Gasteiger partial charge in [-0.3, -0.25) is 0 Å². The van der Waals surface area contributed by atoms with Crippen molar-refractivity contribution in [2.24, 2.45) is 0 Å². The number of nitrogens with zero attached hydrogens (tertiary/aromatic N) is 4. The Morgan fingerprint density at radius 2 is 0.806 bits per heavy atom. The molecule has 2 aromatic heterocycles. The number of hydrogen-bond donors (Lipinski definition) is 0. The van der Waals surface area contributed by atoms with E-state index in [1.807, 2.05) is 0 Å². The highest BCUT2D eigenvalue weighted by Crippen LogP contribution is 2.50. The summed E-state index contributed by atoms with van der Waals surface area (Å²) in [4.78, 5) is 16.1. The molecule has 1 aliphatic rings. The van der Waals surface area contributed by atoms with Crippen LogP contribution in [0, 0.1) is 0 Å². The van der Waals surface area contributed by atoms with Crippen molar-refractivity contribution < 1.29 is 0 Å². The summed E-state index contributed by atoms with van der Waals surface area (Å²) in [5.74, 6) is 1.84. The fourth-order valence-corrected chi connectivity index (χ4v) is 10.7. The molecule has 4 heteroatoms. The molecule has 0 fully saturated rings. The molecule has 0 aliphatic carbocycles. The molecule has 0 atom stereocenters. The standard InChI is InChI=1S/C68H58N4/c1-66(2,3)52-35-36-60-57(40-52)58-41-54(67(4,5)6)42-59-62(58)72(60)61-55(47-23-16-11-17-24-47)38-51(39-56(61)50-25-18-26-53(37-50)68(59,7)8)65-70-63(48-31-27-45(28-32-48)43-19-12-9-13-20-43)69-64(71-65)49-33-29-46(30-34-49)44-21-14-10-15-22-44/h9-42H,1-8H3. The Labute approximate surface area is 423 Å². The Balaban J connectivity index is 1.16. The van der Waals surface area contributed by atoms with Gasteiger partial charge in [0.2, 0.25) is 0 Å². The Kier molecular flexibility index (Phi) is 10.6. The van der Waals surface area contributed by atoms with E-state index in [0.717, 1.165) is 66.9 Å². The molecular formula is C68H58N4. The zero-order chi connectivity index (χ0) is 49.5. The maximum atomic E-state index is 5.42. The van der Waals surface area contributed by atoms with Gasteiger partial charge in [0.05, 0.1) is 16.7 Å². The molecule has 350 valence electrons. The lowest BCUT2D eigenvalue weighted by Crippen LogP contribution is -2.22. The van der Waals surface area contributed by atoms with Gasteiger partial charge in [-0.15, -0.1) is 0 Å². The SMILES string of the molecule is CC(C)(C)c1ccc2c(c1)c1cc(C(C)(C)C)cc3c1n2-c1c(-c2ccccc2)cc(-c2nc(-c4ccc(-c5ccccc5)cc4)nc(-c4ccc(-c5ccccc5)cc4)n2)cc1-c1cccc(c1)C3(C)C. The molecule has 12 rings (SSSR count). The van der Waals surface area contributed by atoms with Crippen LogP contribution in [0.5, 0.6) is 0 Å². The molecule has 0 spiro atoms. The molecule has 9 aromatic carbocycles. The summed E-state index contributed by atoms with van der Waals surface area (Å²) in [6.07, 6.45) is 0. The summed E-state index contributed by atoms with van der Waals surface area (Å²) in [5.41, 5.74) is 20.1. The van der Waals surface area contributed by atoms with Crippen LogP contribution in [0.2, 0.25) is 0 Å². The summed E-state index contributed by atoms with van der Waals surface area (Å²) < 4.78 is 2.60. The largest absolute Gasteiger partial charge is 0.308 e. The van der Waals surface area contributed by atoms with Crippen LogP contribution in [0.1, 0.15) is 77.6 Å². The van der Waals surface area contributed by atoms with Gasteiger partial charge in [-0.2, -0.15) is 0 Å². The van der Waals surface area contributed by atoms with Crippen molar-refractivity contribution in [3.05, 3.63) is 229 Å². The van der Waals surface area contributed by atoms with Crippen LogP contribution in [0.4, 0.5) is 0 Å². The first kappa shape index (κ1) is 45.0. The molecule has 72 heavy (non-hydrogen) atoms. The Bertz CT molecular complexity index is 3750. The van der Waals surface area contributed by atoms with Crippen molar-refractivity contribution in [1.82, 2.24) is 19.5 Å². The minimum atomic E-state index is -0.351. The molecule has 0 unspecified atom stereocenters. The molecule has 0 saturated heterocycles. The Morgan fingerprint density at radius 1 is 0.361 bits per heavy atom. The highest BCUT2D eigenvalue weighted by Gasteiger charge is 2.34. The van der Waals surface area contributed by atoms with Crippen molar-refractivity contribution in [1.29, 1.82) is 0 Å². The van der Waals surface area contributed by atoms with E-state index >= 15 is 0 Å². The summed E-state index contributed by atoms with van der Waals surface area (Å²) in [7, 11) is 0. The minimum absolute atomic E-state index is 0.0344. The quantitative estimate of drug-likeness (QED) is 0.167. The van der Waals surface area contributed by atoms with Crippen LogP contribution >= 0.6 is 0 Å². The van der Waals surface area contributed by atoms with Gasteiger partial charge >= 0.3 is 0 Å². The van der Waals surface area contributed by atoms with E-state index in [2.05, 4.69) is 266 Å². The summed E-state index contributed by atoms with van der Waals surface area (Å²) in [5, 5.41) is 2.54. The van der Waals surface area contributed by atoms with Gasteiger partial charge in [-0.1, -0.05) is 231 Å². The van der Waals surface area contributed by atoms with Crippen LogP contribution < -0.4 is 0 Å². The van der Waals surface area contributed by atoms with E-state index in [1.165, 1.54) is 44.1 Å². The Hall–Kier alpha value is -8.21. The summed E-state index contributed by atoms with van der Waals surface area (Å²) in [6, 6.07) is 75.1. The molecule has 0 radical (unpaired) electrons. The maximum absolute atomic E-state index is 5.42. The normalized spacial score (nSPS) is 13.1. The summed E-state index contributed by atoms with van der Waals surface area (Å²) >= 11 is 0. The predicted octanol–water partition coefficient (Wildman–Crippen LogP) is 17.9. The average Bonchev–Trinajstić information content (AvgIpc) is 3.74. The molecule has 0 amide bonds. The van der Waals surface area contributed by atoms with Crippen molar-refractivity contribution in [3.63, 3.8) is 0 Å². The van der Waals surface area contributed by atoms with Crippen molar-refractivity contribution in [2.75, 3.05) is 0 Å². The monoisotopic (exact) mass is 930 g/mol. The van der Waals surface area contributed by atoms with E-state index in [0.29, 0.717) is 17.5 Å². The zero-order valence-corrected chi connectivity index (χ0v) is 42.4. The molecular weight excluding hydrogens is 873 g/mol. The van der Waals surface area contributed by atoms with Gasteiger partial charge in [0.25, 0.3) is 0 Å². The first-order valence-corrected chi connectivity index (χ1v) is 25.3. The predicted molar refractivity (Wildman–Crippen MR) is 302 cm³/mol. The molecule has 11 aromatic rings. The zero-order valence-electron chi connectivity index (χ0n) is 42.4. The second-order valence-electron chi connectivity index (χ2n) is 22.2. The third-order valence-corrected chi connectivity index (χ3v) is 15.0. The van der Waals surface area contributed by atoms with Gasteiger partial charge in [-0.25, -0.2) is 15.0 Å². The van der Waals surface area contributed by atoms with Gasteiger partial charge < -0.3 is 4.57 Å². The first-order chi connectivity index (χ1) is 34.7. The number of aromatic nitrogens is 4. The topological polar surface area (TPSA) is 43.6 Å². The lowest BCUT2D eigenvalue weighted by Gasteiger charge is -2.30. The third-order valence-electron chi connectivity index (χ3n) is 15.0. The number of hydrogen-bond acceptors (Lipinski definition) is 3. The van der Waals surface area contributed by atoms with E-state index in [1.54, 1.807) is 0 Å². The fraction of sp³-hybridized carbons (Fsp3) is 0.162. The average molecular weight is 931 g/mol. The van der Waals surface area contributed by atoms with Gasteiger partial charge in [-0.05, 0) is 96.8 Å². The molecule has 1 aliphatic heterocycles. The third kappa shape index (κ3) is 7.83. The number of benzene rings is 9. The highest BCUT2D eigenvalue weighted by atomic mass is 15.0. The van der Waals surface area contributed by atoms with Crippen molar-refractivity contribution in [2.45, 2.75) is 71.6 Å². The smallest absolute Gasteiger partial charge is 0.164 e. The second kappa shape index (κ2) is 17.0.